The van der Waals surface area contributed by atoms with Crippen molar-refractivity contribution in [2.24, 2.45) is 11.7 Å². The summed E-state index contributed by atoms with van der Waals surface area (Å²) in [6.07, 6.45) is 0.304. The zero-order valence-corrected chi connectivity index (χ0v) is 14.2. The van der Waals surface area contributed by atoms with Gasteiger partial charge in [0.1, 0.15) is 6.04 Å². The highest BCUT2D eigenvalue weighted by Crippen LogP contribution is 2.04. The minimum absolute atomic E-state index is 0.0334. The van der Waals surface area contributed by atoms with Crippen LogP contribution < -0.4 is 16.4 Å². The van der Waals surface area contributed by atoms with E-state index >= 15 is 0 Å². The Hall–Kier alpha value is -2.41. The fourth-order valence-corrected chi connectivity index (χ4v) is 2.02. The van der Waals surface area contributed by atoms with E-state index in [1.807, 2.05) is 44.2 Å². The van der Waals surface area contributed by atoms with E-state index in [-0.39, 0.29) is 12.5 Å². The molecule has 24 heavy (non-hydrogen) atoms. The number of methoxy groups -OCH3 is 1. The van der Waals surface area contributed by atoms with Gasteiger partial charge in [-0.2, -0.15) is 0 Å². The average molecular weight is 335 g/mol. The third-order valence-electron chi connectivity index (χ3n) is 3.55. The lowest BCUT2D eigenvalue weighted by molar-refractivity contribution is -0.145. The van der Waals surface area contributed by atoms with Gasteiger partial charge in [0.15, 0.2) is 0 Å². The highest BCUT2D eigenvalue weighted by molar-refractivity contribution is 5.89. The topological polar surface area (TPSA) is 111 Å². The Morgan fingerprint density at radius 1 is 1.17 bits per heavy atom. The van der Waals surface area contributed by atoms with Crippen LogP contribution in [-0.2, 0) is 25.5 Å². The van der Waals surface area contributed by atoms with Gasteiger partial charge >= 0.3 is 5.97 Å². The van der Waals surface area contributed by atoms with Gasteiger partial charge in [-0.3, -0.25) is 9.59 Å². The molecule has 1 aromatic carbocycles. The Kier molecular flexibility index (Phi) is 7.91. The molecule has 0 aliphatic heterocycles. The molecular formula is C17H25N3O4. The molecule has 1 rings (SSSR count). The van der Waals surface area contributed by atoms with Crippen LogP contribution in [0.1, 0.15) is 19.4 Å². The van der Waals surface area contributed by atoms with Crippen molar-refractivity contribution < 1.29 is 19.1 Å². The molecule has 0 radical (unpaired) electrons. The summed E-state index contributed by atoms with van der Waals surface area (Å²) < 4.78 is 4.72. The van der Waals surface area contributed by atoms with Gasteiger partial charge in [0.05, 0.1) is 19.7 Å². The lowest BCUT2D eigenvalue weighted by atomic mass is 10.1. The van der Waals surface area contributed by atoms with Crippen molar-refractivity contribution in [1.29, 1.82) is 0 Å². The minimum Gasteiger partial charge on any atom is -0.467 e. The highest BCUT2D eigenvalue weighted by atomic mass is 16.5. The van der Waals surface area contributed by atoms with Gasteiger partial charge in [-0.1, -0.05) is 44.2 Å². The van der Waals surface area contributed by atoms with Gasteiger partial charge in [-0.05, 0) is 11.5 Å². The summed E-state index contributed by atoms with van der Waals surface area (Å²) in [4.78, 5) is 35.6. The van der Waals surface area contributed by atoms with Crippen LogP contribution in [0.3, 0.4) is 0 Å². The molecule has 0 saturated heterocycles. The molecule has 0 saturated carbocycles. The maximum absolute atomic E-state index is 12.0. The van der Waals surface area contributed by atoms with Crippen molar-refractivity contribution in [3.63, 3.8) is 0 Å². The first-order valence-corrected chi connectivity index (χ1v) is 7.79. The third-order valence-corrected chi connectivity index (χ3v) is 3.55. The number of hydrogen-bond donors (Lipinski definition) is 3. The monoisotopic (exact) mass is 335 g/mol. The highest BCUT2D eigenvalue weighted by Gasteiger charge is 2.23. The molecular weight excluding hydrogens is 310 g/mol. The van der Waals surface area contributed by atoms with E-state index in [4.69, 9.17) is 10.5 Å². The Labute approximate surface area is 141 Å². The molecule has 1 unspecified atom stereocenters. The molecule has 2 atom stereocenters. The average Bonchev–Trinajstić information content (AvgIpc) is 2.58. The second-order valence-corrected chi connectivity index (χ2v) is 5.82. The van der Waals surface area contributed by atoms with Crippen LogP contribution in [0.25, 0.3) is 0 Å². The molecule has 0 fully saturated rings. The van der Waals surface area contributed by atoms with E-state index in [1.54, 1.807) is 0 Å². The molecule has 0 spiro atoms. The maximum Gasteiger partial charge on any atom is 0.328 e. The van der Waals surface area contributed by atoms with Gasteiger partial charge in [0, 0.05) is 6.42 Å². The molecule has 2 amide bonds. The number of carbonyl (C=O) groups is 3. The lowest BCUT2D eigenvalue weighted by Crippen LogP contribution is -2.50. The normalized spacial score (nSPS) is 13.0. The third kappa shape index (κ3) is 6.37. The smallest absolute Gasteiger partial charge is 0.328 e. The van der Waals surface area contributed by atoms with Crippen LogP contribution in [-0.4, -0.2) is 43.5 Å². The molecule has 4 N–H and O–H groups in total. The number of carbonyl (C=O) groups excluding carboxylic acids is 3. The second kappa shape index (κ2) is 9.67. The van der Waals surface area contributed by atoms with Crippen LogP contribution in [0.5, 0.6) is 0 Å². The predicted octanol–water partition coefficient (Wildman–Crippen LogP) is -0.0136. The Morgan fingerprint density at radius 2 is 1.79 bits per heavy atom. The molecule has 0 aromatic heterocycles. The number of hydrogen-bond acceptors (Lipinski definition) is 5. The Bertz CT molecular complexity index is 560. The fourth-order valence-electron chi connectivity index (χ4n) is 2.02. The lowest BCUT2D eigenvalue weighted by Gasteiger charge is -2.18. The second-order valence-electron chi connectivity index (χ2n) is 5.82. The Morgan fingerprint density at radius 3 is 2.33 bits per heavy atom. The summed E-state index contributed by atoms with van der Waals surface area (Å²) in [5.41, 5.74) is 6.59. The number of benzene rings is 1. The van der Waals surface area contributed by atoms with E-state index < -0.39 is 29.9 Å². The van der Waals surface area contributed by atoms with Crippen LogP contribution in [0.2, 0.25) is 0 Å². The van der Waals surface area contributed by atoms with Gasteiger partial charge in [0.25, 0.3) is 0 Å². The molecule has 0 heterocycles. The first-order chi connectivity index (χ1) is 11.3. The molecule has 7 nitrogen and oxygen atoms in total. The first kappa shape index (κ1) is 19.6. The van der Waals surface area contributed by atoms with Gasteiger partial charge in [-0.25, -0.2) is 4.79 Å². The summed E-state index contributed by atoms with van der Waals surface area (Å²) >= 11 is 0. The SMILES string of the molecule is COC(=O)C(Cc1ccccc1)NC(=O)CNC(=O)[C@@H](N)C(C)C. The van der Waals surface area contributed by atoms with E-state index in [0.717, 1.165) is 5.56 Å². The van der Waals surface area contributed by atoms with Crippen molar-refractivity contribution in [2.75, 3.05) is 13.7 Å². The number of nitrogens with one attached hydrogen (secondary N) is 2. The van der Waals surface area contributed by atoms with Crippen molar-refractivity contribution in [2.45, 2.75) is 32.4 Å². The number of nitrogens with two attached hydrogens (primary N) is 1. The van der Waals surface area contributed by atoms with Crippen LogP contribution >= 0.6 is 0 Å². The quantitative estimate of drug-likeness (QED) is 0.579. The number of rotatable bonds is 8. The molecule has 0 aliphatic carbocycles. The van der Waals surface area contributed by atoms with E-state index in [1.165, 1.54) is 7.11 Å². The van der Waals surface area contributed by atoms with Gasteiger partial charge < -0.3 is 21.1 Å². The van der Waals surface area contributed by atoms with Crippen molar-refractivity contribution in [3.8, 4) is 0 Å². The number of esters is 1. The summed E-state index contributed by atoms with van der Waals surface area (Å²) in [6, 6.07) is 7.76. The van der Waals surface area contributed by atoms with Crippen molar-refractivity contribution in [1.82, 2.24) is 10.6 Å². The molecule has 0 bridgehead atoms. The van der Waals surface area contributed by atoms with E-state index in [2.05, 4.69) is 10.6 Å². The number of amides is 2. The van der Waals surface area contributed by atoms with Gasteiger partial charge in [0.2, 0.25) is 11.8 Å². The van der Waals surface area contributed by atoms with Crippen LogP contribution in [0.4, 0.5) is 0 Å². The van der Waals surface area contributed by atoms with E-state index in [0.29, 0.717) is 6.42 Å². The molecule has 0 aliphatic rings. The minimum atomic E-state index is -0.819. The standard InChI is InChI=1S/C17H25N3O4/c1-11(2)15(18)16(22)19-10-14(21)20-13(17(23)24-3)9-12-7-5-4-6-8-12/h4-8,11,13,15H,9-10,18H2,1-3H3,(H,19,22)(H,20,21)/t13?,15-/m0/s1. The summed E-state index contributed by atoms with van der Waals surface area (Å²) in [5.74, 6) is -1.46. The molecule has 7 heteroatoms. The Balaban J connectivity index is 2.58. The predicted molar refractivity (Wildman–Crippen MR) is 89.9 cm³/mol. The van der Waals surface area contributed by atoms with Crippen LogP contribution in [0.15, 0.2) is 30.3 Å². The van der Waals surface area contributed by atoms with Gasteiger partial charge in [-0.15, -0.1) is 0 Å². The van der Waals surface area contributed by atoms with E-state index in [9.17, 15) is 14.4 Å². The van der Waals surface area contributed by atoms with Crippen LogP contribution in [0, 0.1) is 5.92 Å². The molecule has 1 aromatic rings. The zero-order valence-electron chi connectivity index (χ0n) is 14.2. The summed E-state index contributed by atoms with van der Waals surface area (Å²) in [6.45, 7) is 3.39. The largest absolute Gasteiger partial charge is 0.467 e. The fraction of sp³-hybridized carbons (Fsp3) is 0.471. The first-order valence-electron chi connectivity index (χ1n) is 7.79. The number of ether oxygens (including phenoxy) is 1. The summed E-state index contributed by atoms with van der Waals surface area (Å²) in [5, 5.41) is 5.03. The van der Waals surface area contributed by atoms with Crippen molar-refractivity contribution >= 4 is 17.8 Å². The zero-order chi connectivity index (χ0) is 18.1. The summed E-state index contributed by atoms with van der Waals surface area (Å²) in [7, 11) is 1.26. The van der Waals surface area contributed by atoms with Crippen molar-refractivity contribution in [3.05, 3.63) is 35.9 Å². The molecule has 132 valence electrons. The maximum atomic E-state index is 12.0.